The van der Waals surface area contributed by atoms with Crippen molar-refractivity contribution in [2.24, 2.45) is 0 Å². The number of aliphatic hydroxyl groups is 1. The van der Waals surface area contributed by atoms with E-state index in [9.17, 15) is 4.79 Å². The maximum Gasteiger partial charge on any atom is 0.274 e. The summed E-state index contributed by atoms with van der Waals surface area (Å²) in [7, 11) is 0. The van der Waals surface area contributed by atoms with E-state index < -0.39 is 0 Å². The number of benzene rings is 1. The molecule has 0 unspecified atom stereocenters. The van der Waals surface area contributed by atoms with Crippen LogP contribution in [-0.4, -0.2) is 22.6 Å². The molecule has 4 nitrogen and oxygen atoms in total. The Bertz CT molecular complexity index is 675. The number of nitrogens with one attached hydrogen (secondary N) is 1. The molecule has 2 rings (SSSR count). The highest BCUT2D eigenvalue weighted by atomic mass is 35.5. The largest absolute Gasteiger partial charge is 0.384 e. The second kappa shape index (κ2) is 6.71. The Morgan fingerprint density at radius 1 is 1.35 bits per heavy atom. The molecule has 2 N–H and O–H groups in total. The number of carbonyl (C=O) groups excluding carboxylic acids is 1. The van der Waals surface area contributed by atoms with Crippen molar-refractivity contribution in [2.45, 2.75) is 0 Å². The van der Waals surface area contributed by atoms with Gasteiger partial charge in [-0.2, -0.15) is 0 Å². The summed E-state index contributed by atoms with van der Waals surface area (Å²) in [6.07, 6.45) is 1.54. The minimum atomic E-state index is -0.347. The molecule has 0 radical (unpaired) electrons. The van der Waals surface area contributed by atoms with Crippen molar-refractivity contribution in [1.82, 2.24) is 4.98 Å². The van der Waals surface area contributed by atoms with E-state index in [-0.39, 0.29) is 12.5 Å². The first-order valence-electron chi connectivity index (χ1n) is 5.82. The van der Waals surface area contributed by atoms with Crippen LogP contribution < -0.4 is 5.32 Å². The summed E-state index contributed by atoms with van der Waals surface area (Å²) < 4.78 is 0. The molecular weight excluding hydrogens is 276 g/mol. The molecule has 0 aliphatic rings. The van der Waals surface area contributed by atoms with Crippen LogP contribution in [0.2, 0.25) is 5.02 Å². The van der Waals surface area contributed by atoms with Crippen molar-refractivity contribution in [2.75, 3.05) is 11.9 Å². The molecule has 0 fully saturated rings. The quantitative estimate of drug-likeness (QED) is 0.833. The fourth-order valence-corrected chi connectivity index (χ4v) is 1.69. The van der Waals surface area contributed by atoms with E-state index in [1.54, 1.807) is 42.6 Å². The van der Waals surface area contributed by atoms with Crippen molar-refractivity contribution in [1.29, 1.82) is 0 Å². The lowest BCUT2D eigenvalue weighted by atomic mass is 10.2. The second-order valence-electron chi connectivity index (χ2n) is 3.82. The van der Waals surface area contributed by atoms with Gasteiger partial charge in [-0.3, -0.25) is 9.78 Å². The molecule has 0 spiro atoms. The summed E-state index contributed by atoms with van der Waals surface area (Å²) in [6.45, 7) is -0.224. The predicted octanol–water partition coefficient (Wildman–Crippen LogP) is 2.33. The van der Waals surface area contributed by atoms with Crippen molar-refractivity contribution >= 4 is 23.2 Å². The predicted molar refractivity (Wildman–Crippen MR) is 77.6 cm³/mol. The number of rotatable bonds is 2. The van der Waals surface area contributed by atoms with Crippen molar-refractivity contribution in [3.8, 4) is 11.8 Å². The number of aromatic nitrogens is 1. The Morgan fingerprint density at radius 2 is 2.20 bits per heavy atom. The van der Waals surface area contributed by atoms with Crippen molar-refractivity contribution in [3.63, 3.8) is 0 Å². The summed E-state index contributed by atoms with van der Waals surface area (Å²) >= 11 is 6.03. The Hall–Kier alpha value is -2.35. The highest BCUT2D eigenvalue weighted by Crippen LogP contribution is 2.23. The third kappa shape index (κ3) is 3.58. The number of aliphatic hydroxyl groups excluding tert-OH is 1. The molecule has 2 aromatic rings. The summed E-state index contributed by atoms with van der Waals surface area (Å²) in [5, 5.41) is 11.8. The molecule has 5 heteroatoms. The van der Waals surface area contributed by atoms with Crippen LogP contribution >= 0.6 is 11.6 Å². The lowest BCUT2D eigenvalue weighted by Crippen LogP contribution is -2.13. The highest BCUT2D eigenvalue weighted by Gasteiger charge is 2.09. The van der Waals surface area contributed by atoms with Gasteiger partial charge in [0.2, 0.25) is 0 Å². The van der Waals surface area contributed by atoms with Gasteiger partial charge in [0.25, 0.3) is 5.91 Å². The van der Waals surface area contributed by atoms with Gasteiger partial charge < -0.3 is 10.4 Å². The van der Waals surface area contributed by atoms with Crippen molar-refractivity contribution in [3.05, 3.63) is 58.9 Å². The Morgan fingerprint density at radius 3 is 2.90 bits per heavy atom. The molecule has 1 aromatic heterocycles. The summed E-state index contributed by atoms with van der Waals surface area (Å²) in [5.74, 6) is 4.94. The number of hydrogen-bond acceptors (Lipinski definition) is 3. The smallest absolute Gasteiger partial charge is 0.274 e. The molecule has 0 bridgehead atoms. The van der Waals surface area contributed by atoms with Crippen LogP contribution in [0.4, 0.5) is 5.69 Å². The van der Waals surface area contributed by atoms with Gasteiger partial charge in [0.05, 0.1) is 10.7 Å². The van der Waals surface area contributed by atoms with E-state index in [2.05, 4.69) is 22.1 Å². The van der Waals surface area contributed by atoms with E-state index in [0.717, 1.165) is 0 Å². The number of nitrogens with zero attached hydrogens (tertiary/aromatic N) is 1. The summed E-state index contributed by atoms with van der Waals surface area (Å²) in [4.78, 5) is 15.9. The lowest BCUT2D eigenvalue weighted by Gasteiger charge is -2.07. The third-order valence-corrected chi connectivity index (χ3v) is 2.75. The number of amides is 1. The van der Waals surface area contributed by atoms with E-state index in [0.29, 0.717) is 22.0 Å². The first-order valence-corrected chi connectivity index (χ1v) is 6.20. The molecule has 0 aliphatic carbocycles. The Kier molecular flexibility index (Phi) is 4.72. The van der Waals surface area contributed by atoms with Crippen molar-refractivity contribution < 1.29 is 9.90 Å². The molecule has 0 saturated heterocycles. The van der Waals surface area contributed by atoms with Gasteiger partial charge >= 0.3 is 0 Å². The van der Waals surface area contributed by atoms with Gasteiger partial charge in [-0.1, -0.05) is 29.5 Å². The summed E-state index contributed by atoms with van der Waals surface area (Å²) in [5.41, 5.74) is 1.40. The number of carbonyl (C=O) groups is 1. The molecule has 1 amide bonds. The van der Waals surface area contributed by atoms with Crippen LogP contribution in [0.25, 0.3) is 0 Å². The SMILES string of the molecule is O=C(Nc1cc(C#CCO)ccc1Cl)c1ccccn1. The zero-order valence-corrected chi connectivity index (χ0v) is 11.2. The van der Waals surface area contributed by atoms with Crippen LogP contribution in [0.3, 0.4) is 0 Å². The fraction of sp³-hybridized carbons (Fsp3) is 0.0667. The van der Waals surface area contributed by atoms with Gasteiger partial charge in [-0.15, -0.1) is 0 Å². The molecule has 1 aromatic carbocycles. The van der Waals surface area contributed by atoms with Crippen LogP contribution in [-0.2, 0) is 0 Å². The first kappa shape index (κ1) is 14.1. The van der Waals surface area contributed by atoms with Gasteiger partial charge in [0.1, 0.15) is 12.3 Å². The van der Waals surface area contributed by atoms with Crippen LogP contribution in [0, 0.1) is 11.8 Å². The fourth-order valence-electron chi connectivity index (χ4n) is 1.52. The topological polar surface area (TPSA) is 62.2 Å². The average molecular weight is 287 g/mol. The van der Waals surface area contributed by atoms with Crippen LogP contribution in [0.15, 0.2) is 42.6 Å². The molecule has 100 valence electrons. The molecule has 0 atom stereocenters. The standard InChI is InChI=1S/C15H11ClN2O2/c16-12-7-6-11(4-3-9-19)10-14(12)18-15(20)13-5-1-2-8-17-13/h1-2,5-8,10,19H,9H2,(H,18,20). The van der Waals surface area contributed by atoms with Gasteiger partial charge in [0.15, 0.2) is 0 Å². The molecule has 0 aliphatic heterocycles. The van der Waals surface area contributed by atoms with E-state index >= 15 is 0 Å². The van der Waals surface area contributed by atoms with Crippen LogP contribution in [0.5, 0.6) is 0 Å². The Balaban J connectivity index is 2.22. The molecule has 0 saturated carbocycles. The van der Waals surface area contributed by atoms with Gasteiger partial charge in [-0.05, 0) is 30.3 Å². The minimum Gasteiger partial charge on any atom is -0.384 e. The van der Waals surface area contributed by atoms with Crippen LogP contribution in [0.1, 0.15) is 16.1 Å². The van der Waals surface area contributed by atoms with Gasteiger partial charge in [0, 0.05) is 11.8 Å². The lowest BCUT2D eigenvalue weighted by molar-refractivity contribution is 0.102. The molecule has 20 heavy (non-hydrogen) atoms. The van der Waals surface area contributed by atoms with E-state index in [1.807, 2.05) is 0 Å². The maximum absolute atomic E-state index is 12.0. The number of anilines is 1. The Labute approximate surface area is 121 Å². The molecule has 1 heterocycles. The first-order chi connectivity index (χ1) is 9.70. The zero-order valence-electron chi connectivity index (χ0n) is 10.4. The normalized spacial score (nSPS) is 9.50. The van der Waals surface area contributed by atoms with E-state index in [1.165, 1.54) is 0 Å². The van der Waals surface area contributed by atoms with Gasteiger partial charge in [-0.25, -0.2) is 0 Å². The number of halogens is 1. The number of pyridine rings is 1. The highest BCUT2D eigenvalue weighted by molar-refractivity contribution is 6.34. The minimum absolute atomic E-state index is 0.224. The van der Waals surface area contributed by atoms with E-state index in [4.69, 9.17) is 16.7 Å². The number of hydrogen-bond donors (Lipinski definition) is 2. The zero-order chi connectivity index (χ0) is 14.4. The maximum atomic E-state index is 12.0. The molecular formula is C15H11ClN2O2. The average Bonchev–Trinajstić information content (AvgIpc) is 2.49. The second-order valence-corrected chi connectivity index (χ2v) is 4.23. The third-order valence-electron chi connectivity index (χ3n) is 2.42. The summed E-state index contributed by atoms with van der Waals surface area (Å²) in [6, 6.07) is 10.1. The monoisotopic (exact) mass is 286 g/mol.